The van der Waals surface area contributed by atoms with E-state index in [2.05, 4.69) is 15.4 Å². The third-order valence-corrected chi connectivity index (χ3v) is 5.62. The Hall–Kier alpha value is -3.41. The summed E-state index contributed by atoms with van der Waals surface area (Å²) in [4.78, 5) is 40.5. The molecule has 0 unspecified atom stereocenters. The summed E-state index contributed by atoms with van der Waals surface area (Å²) < 4.78 is 40.3. The number of morpholine rings is 1. The van der Waals surface area contributed by atoms with E-state index < -0.39 is 37.2 Å². The summed E-state index contributed by atoms with van der Waals surface area (Å²) in [6.07, 6.45) is 0.128. The highest BCUT2D eigenvalue weighted by Crippen LogP contribution is 2.07. The lowest BCUT2D eigenvalue weighted by Gasteiger charge is -2.27. The summed E-state index contributed by atoms with van der Waals surface area (Å²) in [5.74, 6) is -2.04. The van der Waals surface area contributed by atoms with Crippen LogP contribution >= 0.6 is 0 Å². The van der Waals surface area contributed by atoms with Gasteiger partial charge in [-0.2, -0.15) is 8.78 Å². The molecule has 200 valence electrons. The Balaban J connectivity index is 1.67. The van der Waals surface area contributed by atoms with Crippen LogP contribution in [0.1, 0.15) is 11.1 Å². The molecule has 1 aliphatic heterocycles. The van der Waals surface area contributed by atoms with Crippen molar-refractivity contribution in [2.24, 2.45) is 0 Å². The van der Waals surface area contributed by atoms with Gasteiger partial charge in [0, 0.05) is 19.5 Å². The highest BCUT2D eigenvalue weighted by Gasteiger charge is 2.29. The summed E-state index contributed by atoms with van der Waals surface area (Å²) in [5, 5.41) is 5.12. The number of carbonyl (C=O) groups is 3. The van der Waals surface area contributed by atoms with E-state index in [9.17, 15) is 23.2 Å². The van der Waals surface area contributed by atoms with Crippen LogP contribution < -0.4 is 10.6 Å². The quantitative estimate of drug-likeness (QED) is 0.387. The van der Waals surface area contributed by atoms with E-state index >= 15 is 0 Å². The normalized spacial score (nSPS) is 15.5. The predicted molar refractivity (Wildman–Crippen MR) is 129 cm³/mol. The molecule has 0 aromatic heterocycles. The number of ether oxygens (including phenoxy) is 3. The van der Waals surface area contributed by atoms with Gasteiger partial charge in [-0.3, -0.25) is 14.5 Å². The highest BCUT2D eigenvalue weighted by molar-refractivity contribution is 5.91. The van der Waals surface area contributed by atoms with Gasteiger partial charge in [-0.05, 0) is 11.1 Å². The van der Waals surface area contributed by atoms with Gasteiger partial charge in [-0.25, -0.2) is 4.79 Å². The molecule has 0 saturated carbocycles. The Morgan fingerprint density at radius 2 is 1.51 bits per heavy atom. The van der Waals surface area contributed by atoms with Crippen LogP contribution in [0.2, 0.25) is 0 Å². The zero-order valence-corrected chi connectivity index (χ0v) is 20.3. The average molecular weight is 520 g/mol. The fourth-order valence-corrected chi connectivity index (χ4v) is 3.70. The molecule has 1 fully saturated rings. The fourth-order valence-electron chi connectivity index (χ4n) is 3.70. The molecule has 2 atom stereocenters. The molecule has 2 aromatic carbocycles. The monoisotopic (exact) mass is 519 g/mol. The van der Waals surface area contributed by atoms with Gasteiger partial charge < -0.3 is 24.8 Å². The predicted octanol–water partition coefficient (Wildman–Crippen LogP) is 1.51. The maximum atomic E-state index is 13.2. The maximum Gasteiger partial charge on any atom is 0.345 e. The highest BCUT2D eigenvalue weighted by atomic mass is 19.3. The van der Waals surface area contributed by atoms with E-state index in [1.807, 2.05) is 11.0 Å². The number of halogens is 2. The average Bonchev–Trinajstić information content (AvgIpc) is 2.90. The van der Waals surface area contributed by atoms with Gasteiger partial charge in [0.2, 0.25) is 11.8 Å². The second kappa shape index (κ2) is 15.0. The van der Waals surface area contributed by atoms with Crippen LogP contribution in [0.25, 0.3) is 0 Å². The number of hydrogen-bond acceptors (Lipinski definition) is 7. The third kappa shape index (κ3) is 10.2. The van der Waals surface area contributed by atoms with Crippen LogP contribution in [0.4, 0.5) is 8.78 Å². The Kier molecular flexibility index (Phi) is 11.4. The zero-order chi connectivity index (χ0) is 26.5. The lowest BCUT2D eigenvalue weighted by Crippen LogP contribution is -2.55. The first kappa shape index (κ1) is 28.2. The Labute approximate surface area is 214 Å². The SMILES string of the molecule is O=C(CN1CCOCC1)N[C@@H](Cc1ccccc1)C(=O)N[C@@H](COC(F)F)C(=O)OCc1ccccc1. The number of nitrogens with zero attached hydrogens (tertiary/aromatic N) is 1. The molecule has 1 saturated heterocycles. The molecule has 11 heteroatoms. The van der Waals surface area contributed by atoms with E-state index in [4.69, 9.17) is 9.47 Å². The zero-order valence-electron chi connectivity index (χ0n) is 20.3. The van der Waals surface area contributed by atoms with Gasteiger partial charge in [0.15, 0.2) is 6.04 Å². The smallest absolute Gasteiger partial charge is 0.345 e. The molecule has 0 bridgehead atoms. The van der Waals surface area contributed by atoms with Gasteiger partial charge >= 0.3 is 12.6 Å². The fraction of sp³-hybridized carbons (Fsp3) is 0.423. The van der Waals surface area contributed by atoms with Crippen molar-refractivity contribution in [1.29, 1.82) is 0 Å². The summed E-state index contributed by atoms with van der Waals surface area (Å²) in [6, 6.07) is 15.2. The second-order valence-corrected chi connectivity index (χ2v) is 8.45. The van der Waals surface area contributed by atoms with E-state index in [1.54, 1.807) is 54.6 Å². The van der Waals surface area contributed by atoms with Crippen molar-refractivity contribution in [3.05, 3.63) is 71.8 Å². The van der Waals surface area contributed by atoms with Gasteiger partial charge in [0.05, 0.1) is 26.4 Å². The van der Waals surface area contributed by atoms with Crippen LogP contribution in [0.15, 0.2) is 60.7 Å². The lowest BCUT2D eigenvalue weighted by atomic mass is 10.0. The molecule has 37 heavy (non-hydrogen) atoms. The van der Waals surface area contributed by atoms with Gasteiger partial charge in [0.1, 0.15) is 12.6 Å². The number of esters is 1. The number of alkyl halides is 2. The van der Waals surface area contributed by atoms with Crippen LogP contribution in [0.3, 0.4) is 0 Å². The first-order chi connectivity index (χ1) is 17.9. The summed E-state index contributed by atoms with van der Waals surface area (Å²) in [7, 11) is 0. The van der Waals surface area contributed by atoms with Crippen molar-refractivity contribution in [3.8, 4) is 0 Å². The van der Waals surface area contributed by atoms with E-state index in [0.29, 0.717) is 31.9 Å². The number of benzene rings is 2. The molecule has 2 amide bonds. The van der Waals surface area contributed by atoms with Crippen molar-refractivity contribution < 1.29 is 37.4 Å². The Morgan fingerprint density at radius 1 is 0.892 bits per heavy atom. The number of carbonyl (C=O) groups excluding carboxylic acids is 3. The van der Waals surface area contributed by atoms with Crippen molar-refractivity contribution in [1.82, 2.24) is 15.5 Å². The number of nitrogens with one attached hydrogen (secondary N) is 2. The minimum Gasteiger partial charge on any atom is -0.459 e. The topological polar surface area (TPSA) is 106 Å². The van der Waals surface area contributed by atoms with Crippen molar-refractivity contribution in [2.75, 3.05) is 39.5 Å². The van der Waals surface area contributed by atoms with Gasteiger partial charge in [-0.1, -0.05) is 60.7 Å². The molecule has 9 nitrogen and oxygen atoms in total. The number of amides is 2. The maximum absolute atomic E-state index is 13.2. The third-order valence-electron chi connectivity index (χ3n) is 5.62. The summed E-state index contributed by atoms with van der Waals surface area (Å²) in [6.45, 7) is -1.78. The standard InChI is InChI=1S/C26H31F2N3O6/c27-26(28)37-18-22(25(34)36-17-20-9-5-2-6-10-20)30-24(33)21(15-19-7-3-1-4-8-19)29-23(32)16-31-11-13-35-14-12-31/h1-10,21-22,26H,11-18H2,(H,29,32)(H,30,33)/t21-,22-/m0/s1. The number of hydrogen-bond donors (Lipinski definition) is 2. The van der Waals surface area contributed by atoms with E-state index in [-0.39, 0.29) is 25.5 Å². The molecule has 0 radical (unpaired) electrons. The molecule has 1 heterocycles. The minimum absolute atomic E-state index is 0.0684. The molecule has 0 aliphatic carbocycles. The van der Waals surface area contributed by atoms with Gasteiger partial charge in [-0.15, -0.1) is 0 Å². The Bertz CT molecular complexity index is 990. The molecular weight excluding hydrogens is 488 g/mol. The van der Waals surface area contributed by atoms with Crippen LogP contribution in [0.5, 0.6) is 0 Å². The van der Waals surface area contributed by atoms with Crippen LogP contribution in [0, 0.1) is 0 Å². The molecule has 1 aliphatic rings. The Morgan fingerprint density at radius 3 is 2.14 bits per heavy atom. The minimum atomic E-state index is -3.14. The van der Waals surface area contributed by atoms with Crippen molar-refractivity contribution in [3.63, 3.8) is 0 Å². The lowest BCUT2D eigenvalue weighted by molar-refractivity contribution is -0.161. The van der Waals surface area contributed by atoms with Crippen molar-refractivity contribution in [2.45, 2.75) is 31.7 Å². The largest absolute Gasteiger partial charge is 0.459 e. The molecule has 3 rings (SSSR count). The molecule has 2 N–H and O–H groups in total. The van der Waals surface area contributed by atoms with E-state index in [1.165, 1.54) is 0 Å². The second-order valence-electron chi connectivity index (χ2n) is 8.45. The van der Waals surface area contributed by atoms with Gasteiger partial charge in [0.25, 0.3) is 0 Å². The van der Waals surface area contributed by atoms with Crippen LogP contribution in [-0.2, 0) is 41.6 Å². The number of rotatable bonds is 13. The molecule has 0 spiro atoms. The first-order valence-electron chi connectivity index (χ1n) is 11.9. The summed E-state index contributed by atoms with van der Waals surface area (Å²) >= 11 is 0. The first-order valence-corrected chi connectivity index (χ1v) is 11.9. The molecule has 2 aromatic rings. The van der Waals surface area contributed by atoms with Crippen LogP contribution in [-0.4, -0.2) is 80.8 Å². The van der Waals surface area contributed by atoms with E-state index in [0.717, 1.165) is 5.56 Å². The summed E-state index contributed by atoms with van der Waals surface area (Å²) in [5.41, 5.74) is 1.45. The van der Waals surface area contributed by atoms with Crippen molar-refractivity contribution >= 4 is 17.8 Å². The molecular formula is C26H31F2N3O6.